The van der Waals surface area contributed by atoms with Crippen LogP contribution in [-0.2, 0) is 11.3 Å². The van der Waals surface area contributed by atoms with Gasteiger partial charge in [-0.25, -0.2) is 9.78 Å². The van der Waals surface area contributed by atoms with Crippen LogP contribution in [0.4, 0.5) is 10.5 Å². The number of pyridine rings is 1. The number of aromatic nitrogens is 1. The predicted octanol–water partition coefficient (Wildman–Crippen LogP) is 2.89. The molecule has 2 N–H and O–H groups in total. The fourth-order valence-corrected chi connectivity index (χ4v) is 3.28. The molecule has 150 valence electrons. The summed E-state index contributed by atoms with van der Waals surface area (Å²) >= 11 is 0. The van der Waals surface area contributed by atoms with Gasteiger partial charge in [0.05, 0.1) is 18.5 Å². The van der Waals surface area contributed by atoms with Crippen molar-refractivity contribution < 1.29 is 14.3 Å². The molecule has 3 rings (SSSR count). The molecule has 1 aromatic carbocycles. The zero-order valence-electron chi connectivity index (χ0n) is 16.3. The Labute approximate surface area is 166 Å². The summed E-state index contributed by atoms with van der Waals surface area (Å²) in [5, 5.41) is 5.91. The van der Waals surface area contributed by atoms with Crippen LogP contribution in [0.3, 0.4) is 0 Å². The van der Waals surface area contributed by atoms with Gasteiger partial charge in [0.15, 0.2) is 0 Å². The predicted molar refractivity (Wildman–Crippen MR) is 109 cm³/mol. The van der Waals surface area contributed by atoms with Gasteiger partial charge in [-0.05, 0) is 31.0 Å². The van der Waals surface area contributed by atoms with Crippen LogP contribution in [0.25, 0.3) is 0 Å². The molecular formula is C21H28N4O3. The van der Waals surface area contributed by atoms with E-state index in [0.29, 0.717) is 24.8 Å². The maximum absolute atomic E-state index is 12.3. The highest BCUT2D eigenvalue weighted by Crippen LogP contribution is 2.15. The third kappa shape index (κ3) is 6.51. The minimum atomic E-state index is -0.207. The van der Waals surface area contributed by atoms with Crippen LogP contribution < -0.4 is 15.4 Å². The fraction of sp³-hybridized carbons (Fsp3) is 0.429. The molecule has 0 radical (unpaired) electrons. The number of likely N-dealkylation sites (tertiary alicyclic amines) is 1. The molecule has 2 amide bonds. The number of urea groups is 1. The maximum atomic E-state index is 12.3. The number of ether oxygens (including phenoxy) is 2. The van der Waals surface area contributed by atoms with Gasteiger partial charge in [0.1, 0.15) is 6.61 Å². The highest BCUT2D eigenvalue weighted by atomic mass is 16.5. The second-order valence-corrected chi connectivity index (χ2v) is 6.88. The molecule has 1 aliphatic heterocycles. The van der Waals surface area contributed by atoms with Gasteiger partial charge in [-0.15, -0.1) is 0 Å². The number of benzene rings is 1. The lowest BCUT2D eigenvalue weighted by atomic mass is 10.0. The molecule has 0 aliphatic carbocycles. The van der Waals surface area contributed by atoms with E-state index < -0.39 is 0 Å². The van der Waals surface area contributed by atoms with Gasteiger partial charge in [-0.2, -0.15) is 0 Å². The van der Waals surface area contributed by atoms with Crippen molar-refractivity contribution in [2.24, 2.45) is 0 Å². The van der Waals surface area contributed by atoms with Crippen molar-refractivity contribution >= 4 is 11.7 Å². The number of nitrogens with zero attached hydrogens (tertiary/aromatic N) is 2. The number of nitrogens with one attached hydrogen (secondary N) is 2. The summed E-state index contributed by atoms with van der Waals surface area (Å²) in [6.45, 7) is 3.77. The van der Waals surface area contributed by atoms with Crippen LogP contribution in [0, 0.1) is 0 Å². The molecule has 2 aromatic rings. The quantitative estimate of drug-likeness (QED) is 0.685. The van der Waals surface area contributed by atoms with E-state index in [1.165, 1.54) is 5.56 Å². The maximum Gasteiger partial charge on any atom is 0.319 e. The lowest BCUT2D eigenvalue weighted by Gasteiger charge is -2.33. The Morgan fingerprint density at radius 3 is 2.82 bits per heavy atom. The number of piperidine rings is 1. The minimum absolute atomic E-state index is 0.141. The molecule has 1 saturated heterocycles. The summed E-state index contributed by atoms with van der Waals surface area (Å²) in [6, 6.07) is 13.9. The first kappa shape index (κ1) is 20.1. The van der Waals surface area contributed by atoms with Crippen molar-refractivity contribution in [2.45, 2.75) is 25.4 Å². The normalized spacial score (nSPS) is 17.1. The molecule has 1 fully saturated rings. The van der Waals surface area contributed by atoms with Crippen LogP contribution in [-0.4, -0.2) is 55.4 Å². The Morgan fingerprint density at radius 1 is 1.21 bits per heavy atom. The SMILES string of the molecule is COCCOc1ccc(NC(=O)NC2CCCN(Cc3ccccc3)C2)cn1. The monoisotopic (exact) mass is 384 g/mol. The van der Waals surface area contributed by atoms with Gasteiger partial charge in [-0.3, -0.25) is 4.90 Å². The van der Waals surface area contributed by atoms with E-state index in [0.717, 1.165) is 32.5 Å². The standard InChI is InChI=1S/C21H28N4O3/c1-27-12-13-28-20-10-9-18(14-22-20)23-21(26)24-19-8-5-11-25(16-19)15-17-6-3-2-4-7-17/h2-4,6-7,9-10,14,19H,5,8,11-13,15-16H2,1H3,(H2,23,24,26). The molecule has 1 atom stereocenters. The average molecular weight is 384 g/mol. The lowest BCUT2D eigenvalue weighted by Crippen LogP contribution is -2.48. The van der Waals surface area contributed by atoms with Gasteiger partial charge in [0, 0.05) is 32.3 Å². The second kappa shape index (κ2) is 10.6. The Kier molecular flexibility index (Phi) is 7.63. The van der Waals surface area contributed by atoms with E-state index >= 15 is 0 Å². The Hall–Kier alpha value is -2.64. The summed E-state index contributed by atoms with van der Waals surface area (Å²) in [5.74, 6) is 0.506. The van der Waals surface area contributed by atoms with Gasteiger partial charge >= 0.3 is 6.03 Å². The summed E-state index contributed by atoms with van der Waals surface area (Å²) in [4.78, 5) is 18.9. The van der Waals surface area contributed by atoms with E-state index in [1.54, 1.807) is 25.4 Å². The molecule has 7 heteroatoms. The Bertz CT molecular complexity index is 724. The Morgan fingerprint density at radius 2 is 2.07 bits per heavy atom. The van der Waals surface area contributed by atoms with Crippen LogP contribution >= 0.6 is 0 Å². The van der Waals surface area contributed by atoms with Crippen molar-refractivity contribution in [2.75, 3.05) is 38.7 Å². The van der Waals surface area contributed by atoms with E-state index in [4.69, 9.17) is 9.47 Å². The number of anilines is 1. The molecule has 28 heavy (non-hydrogen) atoms. The number of hydrogen-bond donors (Lipinski definition) is 2. The van der Waals surface area contributed by atoms with E-state index in [9.17, 15) is 4.79 Å². The Balaban J connectivity index is 1.43. The van der Waals surface area contributed by atoms with Crippen molar-refractivity contribution in [1.29, 1.82) is 0 Å². The van der Waals surface area contributed by atoms with Crippen LogP contribution in [0.1, 0.15) is 18.4 Å². The largest absolute Gasteiger partial charge is 0.475 e. The molecular weight excluding hydrogens is 356 g/mol. The second-order valence-electron chi connectivity index (χ2n) is 6.88. The molecule has 7 nitrogen and oxygen atoms in total. The molecule has 1 unspecified atom stereocenters. The summed E-state index contributed by atoms with van der Waals surface area (Å²) < 4.78 is 10.3. The fourth-order valence-electron chi connectivity index (χ4n) is 3.28. The van der Waals surface area contributed by atoms with Gasteiger partial charge in [0.25, 0.3) is 0 Å². The van der Waals surface area contributed by atoms with Crippen LogP contribution in [0.15, 0.2) is 48.7 Å². The zero-order valence-corrected chi connectivity index (χ0v) is 16.3. The number of rotatable bonds is 8. The third-order valence-corrected chi connectivity index (χ3v) is 4.62. The van der Waals surface area contributed by atoms with Crippen molar-refractivity contribution in [3.05, 3.63) is 54.2 Å². The first-order valence-electron chi connectivity index (χ1n) is 9.64. The summed E-state index contributed by atoms with van der Waals surface area (Å²) in [7, 11) is 1.62. The van der Waals surface area contributed by atoms with Gasteiger partial charge < -0.3 is 20.1 Å². The zero-order chi connectivity index (χ0) is 19.6. The van der Waals surface area contributed by atoms with E-state index in [-0.39, 0.29) is 12.1 Å². The van der Waals surface area contributed by atoms with E-state index in [2.05, 4.69) is 44.8 Å². The van der Waals surface area contributed by atoms with Crippen LogP contribution in [0.2, 0.25) is 0 Å². The summed E-state index contributed by atoms with van der Waals surface area (Å²) in [6.07, 6.45) is 3.65. The van der Waals surface area contributed by atoms with Gasteiger partial charge in [0.2, 0.25) is 5.88 Å². The number of carbonyl (C=O) groups excluding carboxylic acids is 1. The summed E-state index contributed by atoms with van der Waals surface area (Å²) in [5.41, 5.74) is 1.93. The first-order valence-corrected chi connectivity index (χ1v) is 9.64. The molecule has 2 heterocycles. The molecule has 0 spiro atoms. The lowest BCUT2D eigenvalue weighted by molar-refractivity contribution is 0.144. The smallest absolute Gasteiger partial charge is 0.319 e. The topological polar surface area (TPSA) is 75.7 Å². The van der Waals surface area contributed by atoms with Crippen molar-refractivity contribution in [3.63, 3.8) is 0 Å². The molecule has 0 bridgehead atoms. The van der Waals surface area contributed by atoms with Crippen molar-refractivity contribution in [3.8, 4) is 5.88 Å². The van der Waals surface area contributed by atoms with Crippen molar-refractivity contribution in [1.82, 2.24) is 15.2 Å². The number of methoxy groups -OCH3 is 1. The van der Waals surface area contributed by atoms with Crippen LogP contribution in [0.5, 0.6) is 5.88 Å². The number of hydrogen-bond acceptors (Lipinski definition) is 5. The minimum Gasteiger partial charge on any atom is -0.475 e. The third-order valence-electron chi connectivity index (χ3n) is 4.62. The van der Waals surface area contributed by atoms with E-state index in [1.807, 2.05) is 6.07 Å². The highest BCUT2D eigenvalue weighted by Gasteiger charge is 2.21. The highest BCUT2D eigenvalue weighted by molar-refractivity contribution is 5.89. The molecule has 1 aliphatic rings. The average Bonchev–Trinajstić information content (AvgIpc) is 2.70. The number of amides is 2. The van der Waals surface area contributed by atoms with Gasteiger partial charge in [-0.1, -0.05) is 30.3 Å². The molecule has 0 saturated carbocycles. The molecule has 1 aromatic heterocycles. The first-order chi connectivity index (χ1) is 13.7. The number of carbonyl (C=O) groups is 1.